The molecule has 92 valence electrons. The van der Waals surface area contributed by atoms with Crippen LogP contribution in [0.25, 0.3) is 0 Å². The third kappa shape index (κ3) is 3.14. The van der Waals surface area contributed by atoms with Crippen molar-refractivity contribution in [3.05, 3.63) is 0 Å². The number of thioether (sulfide) groups is 1. The number of aliphatic imine (C=N–C) groups is 1. The third-order valence-electron chi connectivity index (χ3n) is 3.51. The van der Waals surface area contributed by atoms with E-state index in [1.807, 2.05) is 11.8 Å². The first-order valence-electron chi connectivity index (χ1n) is 6.47. The summed E-state index contributed by atoms with van der Waals surface area (Å²) in [6.45, 7) is 7.91. The van der Waals surface area contributed by atoms with Crippen LogP contribution in [0, 0.1) is 0 Å². The van der Waals surface area contributed by atoms with Crippen LogP contribution in [0.2, 0.25) is 0 Å². The molecule has 2 saturated heterocycles. The van der Waals surface area contributed by atoms with Gasteiger partial charge in [0.1, 0.15) is 0 Å². The van der Waals surface area contributed by atoms with Crippen LogP contribution in [0.4, 0.5) is 0 Å². The molecule has 0 radical (unpaired) electrons. The topological polar surface area (TPSA) is 27.6 Å². The van der Waals surface area contributed by atoms with Gasteiger partial charge in [0.2, 0.25) is 0 Å². The van der Waals surface area contributed by atoms with Crippen LogP contribution < -0.4 is 5.32 Å². The number of likely N-dealkylation sites (N-methyl/N-ethyl adjacent to an activating group) is 1. The van der Waals surface area contributed by atoms with Crippen molar-refractivity contribution in [3.63, 3.8) is 0 Å². The summed E-state index contributed by atoms with van der Waals surface area (Å²) < 4.78 is 0. The highest BCUT2D eigenvalue weighted by Crippen LogP contribution is 2.18. The second-order valence-electron chi connectivity index (χ2n) is 4.75. The van der Waals surface area contributed by atoms with Gasteiger partial charge >= 0.3 is 0 Å². The van der Waals surface area contributed by atoms with Gasteiger partial charge in [-0.2, -0.15) is 0 Å². The van der Waals surface area contributed by atoms with E-state index in [9.17, 15) is 0 Å². The predicted molar refractivity (Wildman–Crippen MR) is 72.2 cm³/mol. The van der Waals surface area contributed by atoms with E-state index in [4.69, 9.17) is 4.99 Å². The Bertz CT molecular complexity index is 255. The zero-order valence-electron chi connectivity index (χ0n) is 10.4. The van der Waals surface area contributed by atoms with Crippen molar-refractivity contribution in [1.29, 1.82) is 0 Å². The molecule has 16 heavy (non-hydrogen) atoms. The Balaban J connectivity index is 1.83. The molecule has 0 bridgehead atoms. The summed E-state index contributed by atoms with van der Waals surface area (Å²) >= 11 is 1.88. The predicted octanol–water partition coefficient (Wildman–Crippen LogP) is 1.94. The average molecular weight is 241 g/mol. The molecule has 0 aromatic rings. The van der Waals surface area contributed by atoms with Gasteiger partial charge in [0.15, 0.2) is 5.17 Å². The zero-order chi connectivity index (χ0) is 11.4. The minimum Gasteiger partial charge on any atom is -0.362 e. The monoisotopic (exact) mass is 241 g/mol. The number of nitrogens with one attached hydrogen (secondary N) is 1. The molecule has 2 aliphatic heterocycles. The lowest BCUT2D eigenvalue weighted by Gasteiger charge is -2.24. The van der Waals surface area contributed by atoms with Crippen LogP contribution in [-0.2, 0) is 0 Å². The molecule has 2 unspecified atom stereocenters. The molecule has 0 aromatic carbocycles. The Morgan fingerprint density at radius 3 is 3.12 bits per heavy atom. The Hall–Kier alpha value is -0.220. The maximum atomic E-state index is 4.74. The quantitative estimate of drug-likeness (QED) is 0.818. The van der Waals surface area contributed by atoms with Gasteiger partial charge in [-0.3, -0.25) is 9.89 Å². The summed E-state index contributed by atoms with van der Waals surface area (Å²) in [5.74, 6) is 1.22. The highest BCUT2D eigenvalue weighted by atomic mass is 32.2. The molecule has 2 heterocycles. The fourth-order valence-corrected chi connectivity index (χ4v) is 3.57. The highest BCUT2D eigenvalue weighted by molar-refractivity contribution is 8.13. The van der Waals surface area contributed by atoms with E-state index in [0.29, 0.717) is 12.1 Å². The molecular weight excluding hydrogens is 218 g/mol. The van der Waals surface area contributed by atoms with Crippen molar-refractivity contribution in [1.82, 2.24) is 10.2 Å². The molecule has 0 aliphatic carbocycles. The van der Waals surface area contributed by atoms with E-state index >= 15 is 0 Å². The molecule has 3 nitrogen and oxygen atoms in total. The van der Waals surface area contributed by atoms with Crippen molar-refractivity contribution < 1.29 is 0 Å². The molecule has 0 saturated carbocycles. The van der Waals surface area contributed by atoms with Crippen molar-refractivity contribution in [2.24, 2.45) is 4.99 Å². The van der Waals surface area contributed by atoms with Gasteiger partial charge in [0, 0.05) is 17.8 Å². The lowest BCUT2D eigenvalue weighted by atomic mass is 10.2. The Morgan fingerprint density at radius 2 is 2.38 bits per heavy atom. The first-order chi connectivity index (χ1) is 7.79. The molecule has 2 atom stereocenters. The van der Waals surface area contributed by atoms with Gasteiger partial charge in [0.05, 0.1) is 6.54 Å². The van der Waals surface area contributed by atoms with E-state index < -0.39 is 0 Å². The largest absolute Gasteiger partial charge is 0.362 e. The summed E-state index contributed by atoms with van der Waals surface area (Å²) in [4.78, 5) is 7.30. The van der Waals surface area contributed by atoms with Gasteiger partial charge in [-0.05, 0) is 39.3 Å². The minimum absolute atomic E-state index is 0.603. The molecule has 2 aliphatic rings. The summed E-state index contributed by atoms with van der Waals surface area (Å²) in [6, 6.07) is 1.29. The van der Waals surface area contributed by atoms with Crippen LogP contribution in [0.1, 0.15) is 33.1 Å². The summed E-state index contributed by atoms with van der Waals surface area (Å²) in [5, 5.41) is 4.64. The Morgan fingerprint density at radius 1 is 1.50 bits per heavy atom. The number of hydrogen-bond donors (Lipinski definition) is 1. The molecule has 2 rings (SSSR count). The summed E-state index contributed by atoms with van der Waals surface area (Å²) in [5.41, 5.74) is 0. The van der Waals surface area contributed by atoms with Crippen LogP contribution in [0.5, 0.6) is 0 Å². The van der Waals surface area contributed by atoms with Gasteiger partial charge < -0.3 is 5.32 Å². The van der Waals surface area contributed by atoms with Crippen LogP contribution in [0.3, 0.4) is 0 Å². The first kappa shape index (κ1) is 12.2. The molecular formula is C12H23N3S. The molecule has 0 amide bonds. The third-order valence-corrected chi connectivity index (χ3v) is 4.47. The minimum atomic E-state index is 0.603. The number of rotatable bonds is 3. The van der Waals surface area contributed by atoms with Gasteiger partial charge in [-0.1, -0.05) is 18.7 Å². The van der Waals surface area contributed by atoms with Crippen LogP contribution >= 0.6 is 11.8 Å². The number of nitrogens with zero attached hydrogens (tertiary/aromatic N) is 2. The highest BCUT2D eigenvalue weighted by Gasteiger charge is 2.23. The lowest BCUT2D eigenvalue weighted by molar-refractivity contribution is 0.273. The lowest BCUT2D eigenvalue weighted by Crippen LogP contribution is -2.37. The van der Waals surface area contributed by atoms with Crippen molar-refractivity contribution in [2.45, 2.75) is 45.2 Å². The Kier molecular flexibility index (Phi) is 4.53. The maximum absolute atomic E-state index is 4.74. The smallest absolute Gasteiger partial charge is 0.156 e. The first-order valence-corrected chi connectivity index (χ1v) is 7.46. The molecule has 1 N–H and O–H groups in total. The fraction of sp³-hybridized carbons (Fsp3) is 0.917. The maximum Gasteiger partial charge on any atom is 0.156 e. The van der Waals surface area contributed by atoms with E-state index in [-0.39, 0.29) is 0 Å². The Labute approximate surface area is 103 Å². The zero-order valence-corrected chi connectivity index (χ0v) is 11.2. The van der Waals surface area contributed by atoms with Gasteiger partial charge in [-0.25, -0.2) is 0 Å². The second kappa shape index (κ2) is 5.92. The van der Waals surface area contributed by atoms with Crippen molar-refractivity contribution in [3.8, 4) is 0 Å². The second-order valence-corrected chi connectivity index (χ2v) is 5.84. The summed E-state index contributed by atoms with van der Waals surface area (Å²) in [7, 11) is 0. The van der Waals surface area contributed by atoms with Crippen molar-refractivity contribution in [2.75, 3.05) is 25.4 Å². The molecule has 0 spiro atoms. The number of likely N-dealkylation sites (tertiary alicyclic amines) is 1. The van der Waals surface area contributed by atoms with E-state index in [1.165, 1.54) is 43.3 Å². The molecule has 4 heteroatoms. The van der Waals surface area contributed by atoms with Crippen molar-refractivity contribution >= 4 is 16.9 Å². The SMILES string of the molecule is CCN1CCCC1CN=C1NC(C)CCS1. The van der Waals surface area contributed by atoms with Crippen LogP contribution in [0.15, 0.2) is 4.99 Å². The number of hydrogen-bond acceptors (Lipinski definition) is 3. The number of amidine groups is 1. The standard InChI is InChI=1S/C12H23N3S/c1-3-15-7-4-5-11(15)9-13-12-14-10(2)6-8-16-12/h10-11H,3-9H2,1-2H3,(H,13,14). The summed E-state index contributed by atoms with van der Waals surface area (Å²) in [6.07, 6.45) is 3.93. The van der Waals surface area contributed by atoms with Gasteiger partial charge in [-0.15, -0.1) is 0 Å². The molecule has 2 fully saturated rings. The van der Waals surface area contributed by atoms with Gasteiger partial charge in [0.25, 0.3) is 0 Å². The van der Waals surface area contributed by atoms with E-state index in [2.05, 4.69) is 24.1 Å². The normalized spacial score (nSPS) is 34.2. The van der Waals surface area contributed by atoms with E-state index in [0.717, 1.165) is 6.54 Å². The average Bonchev–Trinajstić information content (AvgIpc) is 2.74. The molecule has 0 aromatic heterocycles. The fourth-order valence-electron chi connectivity index (χ4n) is 2.45. The van der Waals surface area contributed by atoms with E-state index in [1.54, 1.807) is 0 Å². The van der Waals surface area contributed by atoms with Crippen LogP contribution in [-0.4, -0.2) is 47.5 Å².